The zero-order valence-electron chi connectivity index (χ0n) is 19.2. The SMILES string of the molecule is CCO.O=C1CCc2ccc(OCCCCN3CCN(c4cccc(Cl)c4Cl)CC3)cc2N1. The number of halogens is 2. The molecule has 180 valence electrons. The van der Waals surface area contributed by atoms with Gasteiger partial charge < -0.3 is 20.1 Å². The molecule has 1 saturated heterocycles. The van der Waals surface area contributed by atoms with Crippen LogP contribution in [-0.4, -0.2) is 61.9 Å². The number of amides is 1. The van der Waals surface area contributed by atoms with E-state index in [4.69, 9.17) is 33.0 Å². The van der Waals surface area contributed by atoms with Crippen LogP contribution in [0.4, 0.5) is 11.4 Å². The maximum atomic E-state index is 11.5. The van der Waals surface area contributed by atoms with Crippen LogP contribution in [0, 0.1) is 0 Å². The van der Waals surface area contributed by atoms with Crippen LogP contribution in [0.3, 0.4) is 0 Å². The minimum Gasteiger partial charge on any atom is -0.494 e. The third-order valence-corrected chi connectivity index (χ3v) is 6.57. The summed E-state index contributed by atoms with van der Waals surface area (Å²) >= 11 is 12.5. The van der Waals surface area contributed by atoms with Crippen LogP contribution in [0.1, 0.15) is 31.7 Å². The van der Waals surface area contributed by atoms with Crippen LogP contribution in [0.15, 0.2) is 36.4 Å². The zero-order valence-corrected chi connectivity index (χ0v) is 20.7. The zero-order chi connectivity index (χ0) is 23.6. The Bertz CT molecular complexity index is 918. The van der Waals surface area contributed by atoms with E-state index in [1.807, 2.05) is 30.3 Å². The number of piperazine rings is 1. The third-order valence-electron chi connectivity index (χ3n) is 5.76. The van der Waals surface area contributed by atoms with E-state index in [0.29, 0.717) is 23.1 Å². The molecule has 1 fully saturated rings. The highest BCUT2D eigenvalue weighted by Crippen LogP contribution is 2.33. The Kier molecular flexibility index (Phi) is 10.1. The number of fused-ring (bicyclic) bond motifs is 1. The van der Waals surface area contributed by atoms with Crippen molar-refractivity contribution in [2.75, 3.05) is 56.2 Å². The lowest BCUT2D eigenvalue weighted by Gasteiger charge is -2.36. The molecule has 0 unspecified atom stereocenters. The second kappa shape index (κ2) is 13.0. The highest BCUT2D eigenvalue weighted by Gasteiger charge is 2.19. The first-order valence-corrected chi connectivity index (χ1v) is 12.3. The Morgan fingerprint density at radius 3 is 2.58 bits per heavy atom. The van der Waals surface area contributed by atoms with Crippen LogP contribution in [0.2, 0.25) is 10.0 Å². The Balaban J connectivity index is 0.000000968. The number of carbonyl (C=O) groups excluding carboxylic acids is 1. The second-order valence-electron chi connectivity index (χ2n) is 8.14. The van der Waals surface area contributed by atoms with Gasteiger partial charge in [-0.3, -0.25) is 9.69 Å². The number of benzene rings is 2. The summed E-state index contributed by atoms with van der Waals surface area (Å²) in [5.41, 5.74) is 3.10. The highest BCUT2D eigenvalue weighted by atomic mass is 35.5. The fraction of sp³-hybridized carbons (Fsp3) is 0.480. The molecule has 4 rings (SSSR count). The second-order valence-corrected chi connectivity index (χ2v) is 8.93. The predicted molar refractivity (Wildman–Crippen MR) is 136 cm³/mol. The molecule has 2 N–H and O–H groups in total. The lowest BCUT2D eigenvalue weighted by molar-refractivity contribution is -0.116. The summed E-state index contributed by atoms with van der Waals surface area (Å²) in [6.07, 6.45) is 3.47. The van der Waals surface area contributed by atoms with E-state index in [-0.39, 0.29) is 12.5 Å². The quantitative estimate of drug-likeness (QED) is 0.539. The molecule has 0 saturated carbocycles. The van der Waals surface area contributed by atoms with Crippen molar-refractivity contribution in [2.24, 2.45) is 0 Å². The van der Waals surface area contributed by atoms with Gasteiger partial charge in [0, 0.05) is 51.0 Å². The molecule has 0 atom stereocenters. The summed E-state index contributed by atoms with van der Waals surface area (Å²) in [6.45, 7) is 7.64. The summed E-state index contributed by atoms with van der Waals surface area (Å²) in [6, 6.07) is 11.8. The van der Waals surface area contributed by atoms with Crippen molar-refractivity contribution in [3.63, 3.8) is 0 Å². The fourth-order valence-corrected chi connectivity index (χ4v) is 4.43. The smallest absolute Gasteiger partial charge is 0.224 e. The number of aryl methyl sites for hydroxylation is 1. The molecular weight excluding hydrogens is 461 g/mol. The first kappa shape index (κ1) is 25.6. The van der Waals surface area contributed by atoms with Gasteiger partial charge in [-0.15, -0.1) is 0 Å². The molecule has 6 nitrogen and oxygen atoms in total. The summed E-state index contributed by atoms with van der Waals surface area (Å²) < 4.78 is 5.89. The number of ether oxygens (including phenoxy) is 1. The van der Waals surface area contributed by atoms with Gasteiger partial charge >= 0.3 is 0 Å². The maximum Gasteiger partial charge on any atom is 0.224 e. The largest absolute Gasteiger partial charge is 0.494 e. The molecule has 0 aromatic heterocycles. The fourth-order valence-electron chi connectivity index (χ4n) is 4.02. The van der Waals surface area contributed by atoms with Gasteiger partial charge in [0.15, 0.2) is 0 Å². The summed E-state index contributed by atoms with van der Waals surface area (Å²) in [5, 5.41) is 11.7. The summed E-state index contributed by atoms with van der Waals surface area (Å²) in [5.74, 6) is 0.903. The van der Waals surface area contributed by atoms with Gasteiger partial charge in [0.05, 0.1) is 22.3 Å². The lowest BCUT2D eigenvalue weighted by atomic mass is 10.0. The average molecular weight is 494 g/mol. The number of nitrogens with zero attached hydrogens (tertiary/aromatic N) is 2. The Morgan fingerprint density at radius 2 is 1.82 bits per heavy atom. The highest BCUT2D eigenvalue weighted by molar-refractivity contribution is 6.43. The van der Waals surface area contributed by atoms with Gasteiger partial charge in [-0.05, 0) is 56.5 Å². The molecule has 0 aliphatic carbocycles. The normalized spacial score (nSPS) is 15.9. The Labute approximate surface area is 206 Å². The van der Waals surface area contributed by atoms with E-state index in [9.17, 15) is 4.79 Å². The van der Waals surface area contributed by atoms with Crippen molar-refractivity contribution in [3.8, 4) is 5.75 Å². The minimum absolute atomic E-state index is 0.0809. The van der Waals surface area contributed by atoms with Gasteiger partial charge in [-0.25, -0.2) is 0 Å². The van der Waals surface area contributed by atoms with E-state index < -0.39 is 0 Å². The molecule has 2 heterocycles. The van der Waals surface area contributed by atoms with Crippen molar-refractivity contribution in [1.29, 1.82) is 0 Å². The van der Waals surface area contributed by atoms with E-state index in [2.05, 4.69) is 21.2 Å². The third kappa shape index (κ3) is 7.51. The Morgan fingerprint density at radius 1 is 1.06 bits per heavy atom. The number of anilines is 2. The van der Waals surface area contributed by atoms with Crippen molar-refractivity contribution < 1.29 is 14.6 Å². The monoisotopic (exact) mass is 493 g/mol. The number of aliphatic hydroxyl groups excluding tert-OH is 1. The molecular formula is C25H33Cl2N3O3. The number of nitrogens with one attached hydrogen (secondary N) is 1. The summed E-state index contributed by atoms with van der Waals surface area (Å²) in [4.78, 5) is 16.3. The van der Waals surface area contributed by atoms with Crippen LogP contribution in [0.5, 0.6) is 5.75 Å². The van der Waals surface area contributed by atoms with E-state index in [1.165, 1.54) is 5.56 Å². The number of unbranched alkanes of at least 4 members (excludes halogenated alkanes) is 1. The average Bonchev–Trinajstić information content (AvgIpc) is 2.81. The van der Waals surface area contributed by atoms with Crippen molar-refractivity contribution in [2.45, 2.75) is 32.6 Å². The number of carbonyl (C=O) groups is 1. The van der Waals surface area contributed by atoms with Crippen LogP contribution < -0.4 is 15.0 Å². The lowest BCUT2D eigenvalue weighted by Crippen LogP contribution is -2.46. The Hall–Kier alpha value is -1.99. The number of aliphatic hydroxyl groups is 1. The van der Waals surface area contributed by atoms with Crippen molar-refractivity contribution in [3.05, 3.63) is 52.0 Å². The molecule has 2 aliphatic rings. The van der Waals surface area contributed by atoms with E-state index in [1.54, 1.807) is 6.92 Å². The predicted octanol–water partition coefficient (Wildman–Crippen LogP) is 4.86. The van der Waals surface area contributed by atoms with E-state index in [0.717, 1.165) is 69.1 Å². The van der Waals surface area contributed by atoms with Crippen molar-refractivity contribution >= 4 is 40.5 Å². The molecule has 1 amide bonds. The molecule has 8 heteroatoms. The van der Waals surface area contributed by atoms with Gasteiger partial charge in [-0.2, -0.15) is 0 Å². The van der Waals surface area contributed by atoms with Gasteiger partial charge in [-0.1, -0.05) is 35.3 Å². The van der Waals surface area contributed by atoms with Gasteiger partial charge in [0.2, 0.25) is 5.91 Å². The number of rotatable bonds is 7. The number of hydrogen-bond donors (Lipinski definition) is 2. The molecule has 0 spiro atoms. The molecule has 0 bridgehead atoms. The summed E-state index contributed by atoms with van der Waals surface area (Å²) in [7, 11) is 0. The first-order valence-electron chi connectivity index (χ1n) is 11.6. The van der Waals surface area contributed by atoms with Crippen LogP contribution in [-0.2, 0) is 11.2 Å². The molecule has 2 aromatic carbocycles. The van der Waals surface area contributed by atoms with Crippen LogP contribution >= 0.6 is 23.2 Å². The van der Waals surface area contributed by atoms with E-state index >= 15 is 0 Å². The molecule has 2 aromatic rings. The topological polar surface area (TPSA) is 65.0 Å². The standard InChI is InChI=1S/C23H27Cl2N3O2.C2H6O/c24-19-4-3-5-21(23(19)25)28-13-11-27(12-14-28)10-1-2-15-30-18-8-6-17-7-9-22(29)26-20(17)16-18;1-2-3/h3-6,8,16H,1-2,7,9-15H2,(H,26,29);3H,2H2,1H3. The molecule has 2 aliphatic heterocycles. The first-order chi connectivity index (χ1) is 16.0. The van der Waals surface area contributed by atoms with Gasteiger partial charge in [0.1, 0.15) is 5.75 Å². The maximum absolute atomic E-state index is 11.5. The van der Waals surface area contributed by atoms with Gasteiger partial charge in [0.25, 0.3) is 0 Å². The van der Waals surface area contributed by atoms with Crippen molar-refractivity contribution in [1.82, 2.24) is 4.90 Å². The molecule has 0 radical (unpaired) electrons. The van der Waals surface area contributed by atoms with Crippen LogP contribution in [0.25, 0.3) is 0 Å². The number of hydrogen-bond acceptors (Lipinski definition) is 5. The minimum atomic E-state index is 0.0809. The molecule has 33 heavy (non-hydrogen) atoms.